The minimum absolute atomic E-state index is 0.00618. The minimum atomic E-state index is -4.13. The molecule has 10 heteroatoms. The van der Waals surface area contributed by atoms with E-state index in [1.165, 1.54) is 43.5 Å². The fourth-order valence-corrected chi connectivity index (χ4v) is 4.58. The van der Waals surface area contributed by atoms with Crippen molar-refractivity contribution < 1.29 is 22.3 Å². The van der Waals surface area contributed by atoms with Crippen molar-refractivity contribution in [2.75, 3.05) is 18.0 Å². The average molecular weight is 490 g/mol. The quantitative estimate of drug-likeness (QED) is 0.380. The van der Waals surface area contributed by atoms with Crippen molar-refractivity contribution in [2.45, 2.75) is 11.8 Å². The molecule has 0 fully saturated rings. The molecule has 0 atom stereocenters. The number of methoxy groups -OCH3 is 1. The van der Waals surface area contributed by atoms with Gasteiger partial charge in [0.15, 0.2) is 0 Å². The predicted molar refractivity (Wildman–Crippen MR) is 126 cm³/mol. The summed E-state index contributed by atoms with van der Waals surface area (Å²) in [6, 6.07) is 16.8. The number of hydrogen-bond donors (Lipinski definition) is 1. The molecule has 0 radical (unpaired) electrons. The molecule has 1 N–H and O–H groups in total. The van der Waals surface area contributed by atoms with E-state index in [-0.39, 0.29) is 26.9 Å². The number of carbonyl (C=O) groups excluding carboxylic acids is 1. The van der Waals surface area contributed by atoms with Gasteiger partial charge < -0.3 is 4.74 Å². The van der Waals surface area contributed by atoms with Gasteiger partial charge in [-0.05, 0) is 43.3 Å². The van der Waals surface area contributed by atoms with Gasteiger partial charge in [0.05, 0.1) is 28.9 Å². The van der Waals surface area contributed by atoms with Crippen LogP contribution in [0.4, 0.5) is 10.1 Å². The molecular weight excluding hydrogens is 469 g/mol. The van der Waals surface area contributed by atoms with E-state index in [1.54, 1.807) is 30.3 Å². The second kappa shape index (κ2) is 10.5. The molecule has 3 rings (SSSR count). The Morgan fingerprint density at radius 2 is 1.82 bits per heavy atom. The van der Waals surface area contributed by atoms with E-state index in [4.69, 9.17) is 16.3 Å². The highest BCUT2D eigenvalue weighted by Gasteiger charge is 2.29. The SMILES string of the molecule is COc1ccccc1N(CC(=O)N/N=C\c1c(F)cccc1Cl)S(=O)(=O)c1ccc(C)cc1. The van der Waals surface area contributed by atoms with Crippen molar-refractivity contribution in [1.82, 2.24) is 5.43 Å². The van der Waals surface area contributed by atoms with Crippen LogP contribution >= 0.6 is 11.6 Å². The van der Waals surface area contributed by atoms with E-state index >= 15 is 0 Å². The van der Waals surface area contributed by atoms with Gasteiger partial charge in [-0.25, -0.2) is 18.2 Å². The van der Waals surface area contributed by atoms with Gasteiger partial charge in [0, 0.05) is 5.56 Å². The molecule has 0 aliphatic carbocycles. The molecule has 3 aromatic carbocycles. The van der Waals surface area contributed by atoms with Gasteiger partial charge in [0.25, 0.3) is 15.9 Å². The smallest absolute Gasteiger partial charge is 0.264 e. The molecule has 172 valence electrons. The molecule has 3 aromatic rings. The lowest BCUT2D eigenvalue weighted by molar-refractivity contribution is -0.119. The van der Waals surface area contributed by atoms with Crippen molar-refractivity contribution in [3.8, 4) is 5.75 Å². The summed E-state index contributed by atoms with van der Waals surface area (Å²) in [6.07, 6.45) is 1.05. The molecule has 0 heterocycles. The maximum absolute atomic E-state index is 13.9. The van der Waals surface area contributed by atoms with Gasteiger partial charge in [0.2, 0.25) is 0 Å². The van der Waals surface area contributed by atoms with Crippen molar-refractivity contribution in [2.24, 2.45) is 5.10 Å². The highest BCUT2D eigenvalue weighted by atomic mass is 35.5. The zero-order valence-corrected chi connectivity index (χ0v) is 19.4. The number of carbonyl (C=O) groups is 1. The molecule has 0 saturated heterocycles. The van der Waals surface area contributed by atoms with E-state index in [0.717, 1.165) is 16.1 Å². The molecule has 0 saturated carbocycles. The van der Waals surface area contributed by atoms with Crippen molar-refractivity contribution in [3.63, 3.8) is 0 Å². The average Bonchev–Trinajstić information content (AvgIpc) is 2.79. The molecular formula is C23H21ClFN3O4S. The monoisotopic (exact) mass is 489 g/mol. The Hall–Kier alpha value is -3.43. The molecule has 33 heavy (non-hydrogen) atoms. The third-order valence-corrected chi connectivity index (χ3v) is 6.74. The van der Waals surface area contributed by atoms with Gasteiger partial charge >= 0.3 is 0 Å². The van der Waals surface area contributed by atoms with Crippen LogP contribution in [-0.2, 0) is 14.8 Å². The van der Waals surface area contributed by atoms with Gasteiger partial charge in [0.1, 0.15) is 18.1 Å². The number of para-hydroxylation sites is 2. The fourth-order valence-electron chi connectivity index (χ4n) is 2.94. The Morgan fingerprint density at radius 3 is 2.48 bits per heavy atom. The van der Waals surface area contributed by atoms with Gasteiger partial charge in [-0.15, -0.1) is 0 Å². The first-order chi connectivity index (χ1) is 15.7. The summed E-state index contributed by atoms with van der Waals surface area (Å²) in [5.74, 6) is -1.10. The first-order valence-electron chi connectivity index (χ1n) is 9.72. The lowest BCUT2D eigenvalue weighted by Gasteiger charge is -2.25. The summed E-state index contributed by atoms with van der Waals surface area (Å²) in [4.78, 5) is 12.6. The Balaban J connectivity index is 1.91. The van der Waals surface area contributed by atoms with Crippen molar-refractivity contribution in [1.29, 1.82) is 0 Å². The number of halogens is 2. The molecule has 7 nitrogen and oxygen atoms in total. The maximum Gasteiger partial charge on any atom is 0.264 e. The van der Waals surface area contributed by atoms with Crippen molar-refractivity contribution >= 4 is 39.4 Å². The van der Waals surface area contributed by atoms with Crippen LogP contribution in [0, 0.1) is 12.7 Å². The lowest BCUT2D eigenvalue weighted by Crippen LogP contribution is -2.39. The second-order valence-corrected chi connectivity index (χ2v) is 9.19. The van der Waals surface area contributed by atoms with E-state index in [2.05, 4.69) is 10.5 Å². The predicted octanol–water partition coefficient (Wildman–Crippen LogP) is 4.14. The maximum atomic E-state index is 13.9. The number of hydrazone groups is 1. The highest BCUT2D eigenvalue weighted by molar-refractivity contribution is 7.92. The van der Waals surface area contributed by atoms with E-state index in [9.17, 15) is 17.6 Å². The van der Waals surface area contributed by atoms with Crippen LogP contribution in [0.1, 0.15) is 11.1 Å². The van der Waals surface area contributed by atoms with Crippen LogP contribution in [0.3, 0.4) is 0 Å². The number of amides is 1. The number of rotatable bonds is 8. The molecule has 0 spiro atoms. The summed E-state index contributed by atoms with van der Waals surface area (Å²) in [5, 5.41) is 3.83. The van der Waals surface area contributed by atoms with Crippen LogP contribution in [0.15, 0.2) is 76.7 Å². The fraction of sp³-hybridized carbons (Fsp3) is 0.130. The zero-order chi connectivity index (χ0) is 24.0. The Morgan fingerprint density at radius 1 is 1.12 bits per heavy atom. The third kappa shape index (κ3) is 5.68. The number of aryl methyl sites for hydroxylation is 1. The van der Waals surface area contributed by atoms with E-state index < -0.39 is 28.3 Å². The van der Waals surface area contributed by atoms with Gasteiger partial charge in [-0.1, -0.05) is 47.5 Å². The van der Waals surface area contributed by atoms with Crippen LogP contribution in [-0.4, -0.2) is 34.2 Å². The largest absolute Gasteiger partial charge is 0.495 e. The topological polar surface area (TPSA) is 88.1 Å². The Labute approximate surface area is 196 Å². The lowest BCUT2D eigenvalue weighted by atomic mass is 10.2. The number of nitrogens with one attached hydrogen (secondary N) is 1. The van der Waals surface area contributed by atoms with Crippen LogP contribution < -0.4 is 14.5 Å². The number of anilines is 1. The molecule has 0 aliphatic heterocycles. The normalized spacial score (nSPS) is 11.4. The molecule has 0 aromatic heterocycles. The number of nitrogens with zero attached hydrogens (tertiary/aromatic N) is 2. The number of hydrogen-bond acceptors (Lipinski definition) is 5. The summed E-state index contributed by atoms with van der Waals surface area (Å²) in [5.41, 5.74) is 3.27. The minimum Gasteiger partial charge on any atom is -0.495 e. The third-order valence-electron chi connectivity index (χ3n) is 4.63. The molecule has 1 amide bonds. The summed E-state index contributed by atoms with van der Waals surface area (Å²) in [6.45, 7) is 1.24. The molecule has 0 aliphatic rings. The Kier molecular flexibility index (Phi) is 7.67. The highest BCUT2D eigenvalue weighted by Crippen LogP contribution is 2.32. The first kappa shape index (κ1) is 24.2. The molecule has 0 unspecified atom stereocenters. The summed E-state index contributed by atoms with van der Waals surface area (Å²) < 4.78 is 46.9. The van der Waals surface area contributed by atoms with E-state index in [1.807, 2.05) is 6.92 Å². The Bertz CT molecular complexity index is 1260. The van der Waals surface area contributed by atoms with Crippen molar-refractivity contribution in [3.05, 3.63) is 88.7 Å². The summed E-state index contributed by atoms with van der Waals surface area (Å²) in [7, 11) is -2.73. The number of ether oxygens (including phenoxy) is 1. The van der Waals surface area contributed by atoms with Crippen LogP contribution in [0.25, 0.3) is 0 Å². The summed E-state index contributed by atoms with van der Waals surface area (Å²) >= 11 is 5.94. The molecule has 0 bridgehead atoms. The van der Waals surface area contributed by atoms with Gasteiger partial charge in [-0.3, -0.25) is 9.10 Å². The van der Waals surface area contributed by atoms with E-state index in [0.29, 0.717) is 0 Å². The second-order valence-electron chi connectivity index (χ2n) is 6.93. The van der Waals surface area contributed by atoms with Gasteiger partial charge in [-0.2, -0.15) is 5.10 Å². The number of sulfonamides is 1. The zero-order valence-electron chi connectivity index (χ0n) is 17.8. The van der Waals surface area contributed by atoms with Crippen LogP contribution in [0.5, 0.6) is 5.75 Å². The number of benzene rings is 3. The standard InChI is InChI=1S/C23H21ClFN3O4S/c1-16-10-12-17(13-11-16)33(30,31)28(21-8-3-4-9-22(21)32-2)15-23(29)27-26-14-18-19(24)6-5-7-20(18)25/h3-14H,15H2,1-2H3,(H,27,29)/b26-14-. The van der Waals surface area contributed by atoms with Crippen LogP contribution in [0.2, 0.25) is 5.02 Å². The first-order valence-corrected chi connectivity index (χ1v) is 11.5.